The van der Waals surface area contributed by atoms with Gasteiger partial charge in [-0.2, -0.15) is 0 Å². The predicted octanol–water partition coefficient (Wildman–Crippen LogP) is -2.15. The molecule has 0 fully saturated rings. The number of hydrogen-bond donors (Lipinski definition) is 5. The highest BCUT2D eigenvalue weighted by Gasteiger charge is 2.29. The molecule has 0 spiro atoms. The Morgan fingerprint density at radius 3 is 2.00 bits per heavy atom. The fraction of sp³-hybridized carbons (Fsp3) is 1.00. The van der Waals surface area contributed by atoms with E-state index in [0.717, 1.165) is 6.42 Å². The molecule has 0 aliphatic carbocycles. The molecule has 92 valence electrons. The van der Waals surface area contributed by atoms with Crippen LogP contribution in [0.3, 0.4) is 0 Å². The Bertz CT molecular complexity index is 154. The molecule has 0 amide bonds. The monoisotopic (exact) mass is 224 g/mol. The second-order valence-electron chi connectivity index (χ2n) is 3.37. The van der Waals surface area contributed by atoms with Gasteiger partial charge >= 0.3 is 0 Å². The summed E-state index contributed by atoms with van der Waals surface area (Å²) in [5.74, 6) is 0. The number of rotatable bonds is 8. The van der Waals surface area contributed by atoms with Crippen molar-refractivity contribution in [3.63, 3.8) is 0 Å². The number of aliphatic hydroxyl groups is 5. The summed E-state index contributed by atoms with van der Waals surface area (Å²) in [6.07, 6.45) is -5.10. The molecule has 0 aromatic rings. The van der Waals surface area contributed by atoms with Crippen LogP contribution in [0.25, 0.3) is 0 Å². The molecule has 0 saturated heterocycles. The molecule has 0 radical (unpaired) electrons. The maximum absolute atomic E-state index is 9.34. The van der Waals surface area contributed by atoms with Gasteiger partial charge in [0.15, 0.2) is 0 Å². The second kappa shape index (κ2) is 7.98. The third kappa shape index (κ3) is 5.41. The van der Waals surface area contributed by atoms with Gasteiger partial charge in [0.25, 0.3) is 0 Å². The van der Waals surface area contributed by atoms with Crippen molar-refractivity contribution in [2.75, 3.05) is 19.8 Å². The second-order valence-corrected chi connectivity index (χ2v) is 3.37. The predicted molar refractivity (Wildman–Crippen MR) is 52.2 cm³/mol. The van der Waals surface area contributed by atoms with E-state index in [-0.39, 0.29) is 6.61 Å². The van der Waals surface area contributed by atoms with Gasteiger partial charge in [-0.05, 0) is 6.42 Å². The van der Waals surface area contributed by atoms with E-state index in [0.29, 0.717) is 6.61 Å². The lowest BCUT2D eigenvalue weighted by Crippen LogP contribution is -2.47. The van der Waals surface area contributed by atoms with Crippen molar-refractivity contribution in [3.8, 4) is 0 Å². The molecule has 6 nitrogen and oxygen atoms in total. The van der Waals surface area contributed by atoms with E-state index in [1.165, 1.54) is 0 Å². The first-order chi connectivity index (χ1) is 7.04. The first-order valence-electron chi connectivity index (χ1n) is 4.95. The Hall–Kier alpha value is -0.240. The quantitative estimate of drug-likeness (QED) is 0.301. The summed E-state index contributed by atoms with van der Waals surface area (Å²) in [4.78, 5) is 0. The lowest BCUT2D eigenvalue weighted by Gasteiger charge is -2.25. The van der Waals surface area contributed by atoms with E-state index < -0.39 is 31.0 Å². The van der Waals surface area contributed by atoms with Crippen molar-refractivity contribution in [1.82, 2.24) is 0 Å². The summed E-state index contributed by atoms with van der Waals surface area (Å²) in [7, 11) is 0. The van der Waals surface area contributed by atoms with Crippen LogP contribution in [0.15, 0.2) is 0 Å². The summed E-state index contributed by atoms with van der Waals surface area (Å²) in [5.41, 5.74) is 0. The summed E-state index contributed by atoms with van der Waals surface area (Å²) in [6.45, 7) is 1.54. The normalized spacial score (nSPS) is 19.6. The molecule has 4 unspecified atom stereocenters. The Morgan fingerprint density at radius 2 is 1.53 bits per heavy atom. The van der Waals surface area contributed by atoms with Gasteiger partial charge in [0.1, 0.15) is 24.4 Å². The average Bonchev–Trinajstić information content (AvgIpc) is 2.26. The van der Waals surface area contributed by atoms with Crippen molar-refractivity contribution in [3.05, 3.63) is 0 Å². The van der Waals surface area contributed by atoms with Crippen LogP contribution < -0.4 is 0 Å². The maximum atomic E-state index is 9.34. The van der Waals surface area contributed by atoms with Crippen molar-refractivity contribution >= 4 is 0 Å². The average molecular weight is 224 g/mol. The summed E-state index contributed by atoms with van der Waals surface area (Å²) >= 11 is 0. The van der Waals surface area contributed by atoms with E-state index in [1.807, 2.05) is 6.92 Å². The molecule has 0 aromatic heterocycles. The number of hydrogen-bond acceptors (Lipinski definition) is 6. The standard InChI is InChI=1S/C9H20O6/c1-2-3-15-5-7(12)9(14)8(13)6(11)4-10/h6-14H,2-5H2,1H3. The van der Waals surface area contributed by atoms with Crippen molar-refractivity contribution in [1.29, 1.82) is 0 Å². The largest absolute Gasteiger partial charge is 0.394 e. The third-order valence-corrected chi connectivity index (χ3v) is 1.96. The zero-order valence-electron chi connectivity index (χ0n) is 8.78. The van der Waals surface area contributed by atoms with Gasteiger partial charge in [-0.25, -0.2) is 0 Å². The van der Waals surface area contributed by atoms with Crippen LogP contribution in [0.4, 0.5) is 0 Å². The van der Waals surface area contributed by atoms with Crippen LogP contribution >= 0.6 is 0 Å². The fourth-order valence-corrected chi connectivity index (χ4v) is 1.01. The van der Waals surface area contributed by atoms with E-state index in [2.05, 4.69) is 0 Å². The molecule has 15 heavy (non-hydrogen) atoms. The molecule has 4 atom stereocenters. The summed E-state index contributed by atoms with van der Waals surface area (Å²) < 4.78 is 4.96. The lowest BCUT2D eigenvalue weighted by molar-refractivity contribution is -0.129. The molecule has 0 aromatic carbocycles. The van der Waals surface area contributed by atoms with Gasteiger partial charge in [-0.3, -0.25) is 0 Å². The Morgan fingerprint density at radius 1 is 1.00 bits per heavy atom. The minimum Gasteiger partial charge on any atom is -0.394 e. The topological polar surface area (TPSA) is 110 Å². The maximum Gasteiger partial charge on any atom is 0.111 e. The Kier molecular flexibility index (Phi) is 7.85. The van der Waals surface area contributed by atoms with Crippen LogP contribution in [0.2, 0.25) is 0 Å². The lowest BCUT2D eigenvalue weighted by atomic mass is 10.0. The molecule has 0 heterocycles. The molecule has 0 bridgehead atoms. The van der Waals surface area contributed by atoms with Gasteiger partial charge in [0.2, 0.25) is 0 Å². The molecule has 0 rings (SSSR count). The van der Waals surface area contributed by atoms with Crippen molar-refractivity contribution in [2.45, 2.75) is 37.8 Å². The van der Waals surface area contributed by atoms with Crippen LogP contribution in [0.1, 0.15) is 13.3 Å². The van der Waals surface area contributed by atoms with Gasteiger partial charge in [-0.1, -0.05) is 6.92 Å². The van der Waals surface area contributed by atoms with E-state index in [1.54, 1.807) is 0 Å². The van der Waals surface area contributed by atoms with E-state index in [9.17, 15) is 15.3 Å². The van der Waals surface area contributed by atoms with Crippen LogP contribution in [0.5, 0.6) is 0 Å². The highest BCUT2D eigenvalue weighted by atomic mass is 16.5. The molecule has 0 saturated carbocycles. The molecule has 0 aliphatic heterocycles. The van der Waals surface area contributed by atoms with E-state index >= 15 is 0 Å². The molecular formula is C9H20O6. The first-order valence-corrected chi connectivity index (χ1v) is 4.95. The van der Waals surface area contributed by atoms with Crippen LogP contribution in [-0.4, -0.2) is 69.8 Å². The number of aliphatic hydroxyl groups excluding tert-OH is 5. The van der Waals surface area contributed by atoms with Gasteiger partial charge in [0, 0.05) is 6.61 Å². The minimum absolute atomic E-state index is 0.121. The van der Waals surface area contributed by atoms with Crippen molar-refractivity contribution < 1.29 is 30.3 Å². The van der Waals surface area contributed by atoms with Crippen molar-refractivity contribution in [2.24, 2.45) is 0 Å². The molecule has 5 N–H and O–H groups in total. The van der Waals surface area contributed by atoms with Crippen LogP contribution in [-0.2, 0) is 4.74 Å². The first kappa shape index (κ1) is 14.8. The summed E-state index contributed by atoms with van der Waals surface area (Å²) in [5, 5.41) is 45.4. The Labute approximate surface area is 88.7 Å². The minimum atomic E-state index is -1.59. The molecule has 0 aliphatic rings. The zero-order chi connectivity index (χ0) is 11.8. The summed E-state index contributed by atoms with van der Waals surface area (Å²) in [6, 6.07) is 0. The zero-order valence-corrected chi connectivity index (χ0v) is 8.78. The Balaban J connectivity index is 3.90. The highest BCUT2D eigenvalue weighted by molar-refractivity contribution is 4.80. The molecule has 6 heteroatoms. The van der Waals surface area contributed by atoms with Crippen LogP contribution in [0, 0.1) is 0 Å². The van der Waals surface area contributed by atoms with E-state index in [4.69, 9.17) is 14.9 Å². The SMILES string of the molecule is CCCOCC(O)C(O)C(O)C(O)CO. The van der Waals surface area contributed by atoms with Gasteiger partial charge < -0.3 is 30.3 Å². The fourth-order valence-electron chi connectivity index (χ4n) is 1.01. The highest BCUT2D eigenvalue weighted by Crippen LogP contribution is 2.05. The number of ether oxygens (including phenoxy) is 1. The van der Waals surface area contributed by atoms with Gasteiger partial charge in [-0.15, -0.1) is 0 Å². The third-order valence-electron chi connectivity index (χ3n) is 1.96. The molecular weight excluding hydrogens is 204 g/mol. The van der Waals surface area contributed by atoms with Gasteiger partial charge in [0.05, 0.1) is 13.2 Å². The smallest absolute Gasteiger partial charge is 0.111 e.